The Balaban J connectivity index is 2.63. The van der Waals surface area contributed by atoms with Gasteiger partial charge >= 0.3 is 0 Å². The van der Waals surface area contributed by atoms with E-state index < -0.39 is 0 Å². The molecule has 4 heteroatoms. The standard InChI is InChI=1S/C9H10BN3/c1-6-8-3-4-11-5-9(8)12-7(2)13(6)10/h3-5H,1,10H2,2H3. The van der Waals surface area contributed by atoms with E-state index in [1.807, 2.05) is 25.8 Å². The van der Waals surface area contributed by atoms with Gasteiger partial charge in [0.1, 0.15) is 0 Å². The van der Waals surface area contributed by atoms with Crippen molar-refractivity contribution in [3.8, 4) is 0 Å². The molecule has 1 aliphatic heterocycles. The number of fused-ring (bicyclic) bond motifs is 1. The summed E-state index contributed by atoms with van der Waals surface area (Å²) in [6.45, 7) is 5.96. The van der Waals surface area contributed by atoms with Gasteiger partial charge in [-0.15, -0.1) is 0 Å². The molecule has 0 aromatic carbocycles. The van der Waals surface area contributed by atoms with E-state index in [-0.39, 0.29) is 0 Å². The largest absolute Gasteiger partial charge is 0.383 e. The van der Waals surface area contributed by atoms with Gasteiger partial charge in [-0.2, -0.15) is 0 Å². The summed E-state index contributed by atoms with van der Waals surface area (Å²) in [6.07, 6.45) is 3.52. The minimum atomic E-state index is 0.906. The van der Waals surface area contributed by atoms with Gasteiger partial charge in [0.05, 0.1) is 17.7 Å². The van der Waals surface area contributed by atoms with Crippen LogP contribution in [0.3, 0.4) is 0 Å². The minimum absolute atomic E-state index is 0.906. The SMILES string of the molecule is BN1C(=C)c2ccncc2N=C1C. The van der Waals surface area contributed by atoms with Gasteiger partial charge in [-0.25, -0.2) is 4.99 Å². The van der Waals surface area contributed by atoms with Crippen molar-refractivity contribution in [1.82, 2.24) is 9.79 Å². The number of amidine groups is 1. The molecule has 0 radical (unpaired) electrons. The monoisotopic (exact) mass is 171 g/mol. The van der Waals surface area contributed by atoms with Gasteiger partial charge in [-0.3, -0.25) is 4.98 Å². The molecule has 0 saturated heterocycles. The Morgan fingerprint density at radius 1 is 1.54 bits per heavy atom. The topological polar surface area (TPSA) is 28.5 Å². The third kappa shape index (κ3) is 1.14. The van der Waals surface area contributed by atoms with E-state index in [0.29, 0.717) is 0 Å². The molecule has 0 fully saturated rings. The van der Waals surface area contributed by atoms with E-state index in [2.05, 4.69) is 16.6 Å². The quantitative estimate of drug-likeness (QED) is 0.544. The van der Waals surface area contributed by atoms with Gasteiger partial charge in [0.25, 0.3) is 0 Å². The third-order valence-corrected chi connectivity index (χ3v) is 2.28. The maximum atomic E-state index is 4.40. The van der Waals surface area contributed by atoms with Gasteiger partial charge in [0.15, 0.2) is 0 Å². The maximum absolute atomic E-state index is 4.40. The van der Waals surface area contributed by atoms with E-state index in [4.69, 9.17) is 0 Å². The fraction of sp³-hybridized carbons (Fsp3) is 0.111. The van der Waals surface area contributed by atoms with Crippen LogP contribution in [0.1, 0.15) is 12.5 Å². The predicted octanol–water partition coefficient (Wildman–Crippen LogP) is 0.966. The smallest absolute Gasteiger partial charge is 0.225 e. The summed E-state index contributed by atoms with van der Waals surface area (Å²) in [5, 5.41) is 0. The van der Waals surface area contributed by atoms with Gasteiger partial charge in [-0.05, 0) is 13.0 Å². The highest BCUT2D eigenvalue weighted by molar-refractivity contribution is 6.22. The molecule has 0 unspecified atom stereocenters. The normalized spacial score (nSPS) is 15.3. The molecule has 0 N–H and O–H groups in total. The van der Waals surface area contributed by atoms with Gasteiger partial charge in [-0.1, -0.05) is 6.58 Å². The van der Waals surface area contributed by atoms with Crippen LogP contribution in [0.4, 0.5) is 5.69 Å². The number of hydrogen-bond acceptors (Lipinski definition) is 3. The van der Waals surface area contributed by atoms with Crippen LogP contribution in [0.5, 0.6) is 0 Å². The zero-order valence-corrected chi connectivity index (χ0v) is 7.78. The molecule has 2 heterocycles. The molecule has 1 aliphatic rings. The van der Waals surface area contributed by atoms with Gasteiger partial charge < -0.3 is 4.81 Å². The van der Waals surface area contributed by atoms with Crippen LogP contribution in [0, 0.1) is 0 Å². The van der Waals surface area contributed by atoms with Crippen LogP contribution in [0.2, 0.25) is 0 Å². The number of rotatable bonds is 0. The molecular formula is C9H10BN3. The van der Waals surface area contributed by atoms with Crippen molar-refractivity contribution in [3.05, 3.63) is 30.6 Å². The third-order valence-electron chi connectivity index (χ3n) is 2.28. The van der Waals surface area contributed by atoms with E-state index in [1.54, 1.807) is 12.4 Å². The second kappa shape index (κ2) is 2.73. The number of nitrogens with zero attached hydrogens (tertiary/aromatic N) is 3. The number of aliphatic imine (C=N–C) groups is 1. The summed E-state index contributed by atoms with van der Waals surface area (Å²) in [5.41, 5.74) is 2.94. The van der Waals surface area contributed by atoms with Crippen LogP contribution < -0.4 is 0 Å². The Morgan fingerprint density at radius 3 is 3.08 bits per heavy atom. The average molecular weight is 171 g/mol. The van der Waals surface area contributed by atoms with Crippen molar-refractivity contribution in [2.75, 3.05) is 0 Å². The highest BCUT2D eigenvalue weighted by Gasteiger charge is 2.16. The van der Waals surface area contributed by atoms with E-state index in [0.717, 1.165) is 22.8 Å². The van der Waals surface area contributed by atoms with Gasteiger partial charge in [0, 0.05) is 17.5 Å². The van der Waals surface area contributed by atoms with Crippen molar-refractivity contribution in [3.63, 3.8) is 0 Å². The second-order valence-corrected chi connectivity index (χ2v) is 3.06. The van der Waals surface area contributed by atoms with E-state index in [9.17, 15) is 0 Å². The summed E-state index contributed by atoms with van der Waals surface area (Å²) >= 11 is 0. The lowest BCUT2D eigenvalue weighted by Gasteiger charge is -2.27. The molecule has 0 amide bonds. The summed E-state index contributed by atoms with van der Waals surface area (Å²) < 4.78 is 0. The molecule has 0 bridgehead atoms. The maximum Gasteiger partial charge on any atom is 0.225 e. The van der Waals surface area contributed by atoms with Crippen LogP contribution >= 0.6 is 0 Å². The van der Waals surface area contributed by atoms with E-state index in [1.165, 1.54) is 0 Å². The number of hydrogen-bond donors (Lipinski definition) is 0. The molecule has 1 aromatic rings. The fourth-order valence-corrected chi connectivity index (χ4v) is 1.34. The first-order chi connectivity index (χ1) is 6.20. The zero-order chi connectivity index (χ0) is 9.42. The highest BCUT2D eigenvalue weighted by atomic mass is 15.1. The predicted molar refractivity (Wildman–Crippen MR) is 56.4 cm³/mol. The lowest BCUT2D eigenvalue weighted by atomic mass is 10.1. The first-order valence-electron chi connectivity index (χ1n) is 4.12. The Hall–Kier alpha value is -1.58. The van der Waals surface area contributed by atoms with Crippen molar-refractivity contribution in [1.29, 1.82) is 0 Å². The lowest BCUT2D eigenvalue weighted by Crippen LogP contribution is -2.26. The molecule has 0 saturated carbocycles. The molecule has 0 atom stereocenters. The van der Waals surface area contributed by atoms with Crippen molar-refractivity contribution in [2.24, 2.45) is 4.99 Å². The van der Waals surface area contributed by atoms with Gasteiger partial charge in [0.2, 0.25) is 7.98 Å². The molecule has 3 nitrogen and oxygen atoms in total. The van der Waals surface area contributed by atoms with Crippen molar-refractivity contribution in [2.45, 2.75) is 6.92 Å². The Labute approximate surface area is 78.2 Å². The minimum Gasteiger partial charge on any atom is -0.383 e. The van der Waals surface area contributed by atoms with Crippen molar-refractivity contribution >= 4 is 25.2 Å². The van der Waals surface area contributed by atoms with Crippen LogP contribution in [0.25, 0.3) is 5.70 Å². The first-order valence-corrected chi connectivity index (χ1v) is 4.12. The fourth-order valence-electron chi connectivity index (χ4n) is 1.34. The van der Waals surface area contributed by atoms with Crippen LogP contribution in [0.15, 0.2) is 30.0 Å². The number of pyridine rings is 1. The number of aromatic nitrogens is 1. The zero-order valence-electron chi connectivity index (χ0n) is 7.78. The molecule has 64 valence electrons. The summed E-state index contributed by atoms with van der Waals surface area (Å²) in [4.78, 5) is 10.4. The molecule has 1 aromatic heterocycles. The molecule has 13 heavy (non-hydrogen) atoms. The Bertz CT molecular complexity index is 398. The Morgan fingerprint density at radius 2 is 2.31 bits per heavy atom. The van der Waals surface area contributed by atoms with Crippen LogP contribution in [-0.2, 0) is 0 Å². The Kier molecular flexibility index (Phi) is 1.69. The second-order valence-electron chi connectivity index (χ2n) is 3.06. The van der Waals surface area contributed by atoms with Crippen LogP contribution in [-0.4, -0.2) is 23.6 Å². The first kappa shape index (κ1) is 8.04. The lowest BCUT2D eigenvalue weighted by molar-refractivity contribution is 0.907. The van der Waals surface area contributed by atoms with Crippen molar-refractivity contribution < 1.29 is 0 Å². The molecule has 0 aliphatic carbocycles. The highest BCUT2D eigenvalue weighted by Crippen LogP contribution is 2.30. The molecule has 0 spiro atoms. The summed E-state index contributed by atoms with van der Waals surface area (Å²) in [7, 11) is 1.96. The molecular weight excluding hydrogens is 161 g/mol. The summed E-state index contributed by atoms with van der Waals surface area (Å²) in [5.74, 6) is 0.950. The summed E-state index contributed by atoms with van der Waals surface area (Å²) in [6, 6.07) is 1.93. The average Bonchev–Trinajstić information content (AvgIpc) is 2.15. The molecule has 2 rings (SSSR count). The van der Waals surface area contributed by atoms with E-state index >= 15 is 0 Å².